The molecule has 4 nitrogen and oxygen atoms in total. The van der Waals surface area contributed by atoms with E-state index < -0.39 is 17.7 Å². The van der Waals surface area contributed by atoms with Crippen molar-refractivity contribution >= 4 is 29.2 Å². The minimum atomic E-state index is -0.644. The third-order valence-electron chi connectivity index (χ3n) is 4.46. The number of carbonyl (C=O) groups is 2. The smallest absolute Gasteiger partial charge is 0.336 e. The summed E-state index contributed by atoms with van der Waals surface area (Å²) in [5.41, 5.74) is 1.68. The molecule has 0 aliphatic carbocycles. The summed E-state index contributed by atoms with van der Waals surface area (Å²) in [7, 11) is 0. The van der Waals surface area contributed by atoms with Crippen LogP contribution in [0.4, 0.5) is 10.1 Å². The quantitative estimate of drug-likeness (QED) is 0.768. The summed E-state index contributed by atoms with van der Waals surface area (Å²) in [6, 6.07) is 13.0. The molecule has 126 valence electrons. The van der Waals surface area contributed by atoms with Crippen molar-refractivity contribution in [2.45, 2.75) is 12.3 Å². The second-order valence-electron chi connectivity index (χ2n) is 5.92. The van der Waals surface area contributed by atoms with E-state index >= 15 is 0 Å². The van der Waals surface area contributed by atoms with Crippen LogP contribution in [-0.2, 0) is 14.3 Å². The molecule has 0 bridgehead atoms. The fourth-order valence-corrected chi connectivity index (χ4v) is 3.58. The zero-order valence-electron chi connectivity index (χ0n) is 13.0. The lowest BCUT2D eigenvalue weighted by Crippen LogP contribution is -2.37. The molecule has 0 spiro atoms. The molecule has 2 aromatic carbocycles. The maximum Gasteiger partial charge on any atom is 0.336 e. The number of esters is 1. The molecule has 0 saturated carbocycles. The Kier molecular flexibility index (Phi) is 3.81. The average Bonchev–Trinajstić information content (AvgIpc) is 2.96. The van der Waals surface area contributed by atoms with Gasteiger partial charge in [-0.3, -0.25) is 9.69 Å². The third kappa shape index (κ3) is 2.61. The standard InChI is InChI=1S/C19H13ClFNO3/c20-11-4-3-5-12(8-11)22-16-10-25-19(24)18(16)14(9-17(22)23)13-6-1-2-7-15(13)21/h1-8,14H,9-10H2. The molecular weight excluding hydrogens is 345 g/mol. The summed E-state index contributed by atoms with van der Waals surface area (Å²) in [6.07, 6.45) is -0.0125. The Bertz CT molecular complexity index is 924. The van der Waals surface area contributed by atoms with Crippen molar-refractivity contribution < 1.29 is 18.7 Å². The largest absolute Gasteiger partial charge is 0.456 e. The highest BCUT2D eigenvalue weighted by Gasteiger charge is 2.43. The highest BCUT2D eigenvalue weighted by atomic mass is 35.5. The van der Waals surface area contributed by atoms with E-state index in [0.717, 1.165) is 0 Å². The summed E-state index contributed by atoms with van der Waals surface area (Å²) >= 11 is 6.03. The molecule has 1 atom stereocenters. The molecular formula is C19H13ClFNO3. The van der Waals surface area contributed by atoms with E-state index in [2.05, 4.69) is 0 Å². The van der Waals surface area contributed by atoms with Crippen LogP contribution in [0.1, 0.15) is 17.9 Å². The van der Waals surface area contributed by atoms with Crippen molar-refractivity contribution in [3.63, 3.8) is 0 Å². The van der Waals surface area contributed by atoms with Crippen LogP contribution in [0.5, 0.6) is 0 Å². The number of amides is 1. The predicted molar refractivity (Wildman–Crippen MR) is 90.7 cm³/mol. The zero-order valence-corrected chi connectivity index (χ0v) is 13.8. The minimum absolute atomic E-state index is 0.0125. The number of benzene rings is 2. The van der Waals surface area contributed by atoms with Crippen molar-refractivity contribution in [2.75, 3.05) is 11.5 Å². The van der Waals surface area contributed by atoms with E-state index in [1.165, 1.54) is 11.0 Å². The van der Waals surface area contributed by atoms with Crippen LogP contribution in [0.3, 0.4) is 0 Å². The Morgan fingerprint density at radius 3 is 2.68 bits per heavy atom. The molecule has 1 unspecified atom stereocenters. The van der Waals surface area contributed by atoms with Crippen LogP contribution in [0.2, 0.25) is 5.02 Å². The van der Waals surface area contributed by atoms with Gasteiger partial charge < -0.3 is 4.74 Å². The number of ether oxygens (including phenoxy) is 1. The summed E-state index contributed by atoms with van der Waals surface area (Å²) in [6.45, 7) is -0.0165. The van der Waals surface area contributed by atoms with Crippen molar-refractivity contribution in [1.82, 2.24) is 0 Å². The van der Waals surface area contributed by atoms with Crippen LogP contribution < -0.4 is 4.90 Å². The minimum Gasteiger partial charge on any atom is -0.456 e. The number of hydrogen-bond donors (Lipinski definition) is 0. The van der Waals surface area contributed by atoms with E-state index in [1.807, 2.05) is 0 Å². The molecule has 2 aliphatic rings. The Labute approximate surface area is 148 Å². The van der Waals surface area contributed by atoms with Crippen LogP contribution >= 0.6 is 11.6 Å². The van der Waals surface area contributed by atoms with E-state index in [4.69, 9.17) is 16.3 Å². The fraction of sp³-hybridized carbons (Fsp3) is 0.158. The first-order chi connectivity index (χ1) is 12.1. The van der Waals surface area contributed by atoms with Gasteiger partial charge in [-0.1, -0.05) is 35.9 Å². The fourth-order valence-electron chi connectivity index (χ4n) is 3.39. The Morgan fingerprint density at radius 2 is 1.92 bits per heavy atom. The van der Waals surface area contributed by atoms with E-state index in [9.17, 15) is 14.0 Å². The first kappa shape index (κ1) is 15.8. The maximum absolute atomic E-state index is 14.2. The maximum atomic E-state index is 14.2. The van der Waals surface area contributed by atoms with Gasteiger partial charge in [-0.25, -0.2) is 9.18 Å². The number of rotatable bonds is 2. The summed E-state index contributed by atoms with van der Waals surface area (Å²) < 4.78 is 19.4. The van der Waals surface area contributed by atoms with Crippen molar-refractivity contribution in [1.29, 1.82) is 0 Å². The van der Waals surface area contributed by atoms with E-state index in [-0.39, 0.29) is 18.9 Å². The van der Waals surface area contributed by atoms with Gasteiger partial charge in [0.05, 0.1) is 17.0 Å². The highest BCUT2D eigenvalue weighted by Crippen LogP contribution is 2.42. The van der Waals surface area contributed by atoms with Crippen molar-refractivity contribution in [3.8, 4) is 0 Å². The van der Waals surface area contributed by atoms with Gasteiger partial charge in [-0.05, 0) is 29.8 Å². The second-order valence-corrected chi connectivity index (χ2v) is 6.36. The number of cyclic esters (lactones) is 1. The van der Waals surface area contributed by atoms with Crippen molar-refractivity contribution in [3.05, 3.63) is 76.2 Å². The van der Waals surface area contributed by atoms with Crippen LogP contribution in [0, 0.1) is 5.82 Å². The number of halogens is 2. The molecule has 0 fully saturated rings. The molecule has 0 N–H and O–H groups in total. The van der Waals surface area contributed by atoms with Gasteiger partial charge in [-0.15, -0.1) is 0 Å². The van der Waals surface area contributed by atoms with Gasteiger partial charge in [0.2, 0.25) is 5.91 Å². The summed E-state index contributed by atoms with van der Waals surface area (Å²) in [5.74, 6) is -1.83. The van der Waals surface area contributed by atoms with Gasteiger partial charge in [0.1, 0.15) is 12.4 Å². The zero-order chi connectivity index (χ0) is 17.6. The number of nitrogens with zero attached hydrogens (tertiary/aromatic N) is 1. The molecule has 25 heavy (non-hydrogen) atoms. The molecule has 6 heteroatoms. The van der Waals surface area contributed by atoms with Gasteiger partial charge in [0.25, 0.3) is 0 Å². The summed E-state index contributed by atoms with van der Waals surface area (Å²) in [4.78, 5) is 26.5. The van der Waals surface area contributed by atoms with Crippen molar-refractivity contribution in [2.24, 2.45) is 0 Å². The van der Waals surface area contributed by atoms with Crippen LogP contribution in [0.25, 0.3) is 0 Å². The normalized spacial score (nSPS) is 19.9. The average molecular weight is 358 g/mol. The first-order valence-corrected chi connectivity index (χ1v) is 8.17. The number of carbonyl (C=O) groups excluding carboxylic acids is 2. The van der Waals surface area contributed by atoms with Gasteiger partial charge in [0.15, 0.2) is 0 Å². The second kappa shape index (κ2) is 6.01. The van der Waals surface area contributed by atoms with E-state index in [0.29, 0.717) is 27.5 Å². The topological polar surface area (TPSA) is 46.6 Å². The molecule has 2 aromatic rings. The Morgan fingerprint density at radius 1 is 1.12 bits per heavy atom. The first-order valence-electron chi connectivity index (χ1n) is 7.79. The van der Waals surface area contributed by atoms with Gasteiger partial charge in [-0.2, -0.15) is 0 Å². The lowest BCUT2D eigenvalue weighted by atomic mass is 9.84. The molecule has 2 heterocycles. The van der Waals surface area contributed by atoms with Gasteiger partial charge in [0, 0.05) is 17.4 Å². The van der Waals surface area contributed by atoms with Crippen LogP contribution in [-0.4, -0.2) is 18.5 Å². The SMILES string of the molecule is O=C1OCC2=C1C(c1ccccc1F)CC(=O)N2c1cccc(Cl)c1. The van der Waals surface area contributed by atoms with Gasteiger partial charge >= 0.3 is 5.97 Å². The Balaban J connectivity index is 1.86. The third-order valence-corrected chi connectivity index (χ3v) is 4.70. The molecule has 0 radical (unpaired) electrons. The molecule has 2 aliphatic heterocycles. The molecule has 0 aromatic heterocycles. The molecule has 0 saturated heterocycles. The molecule has 4 rings (SSSR count). The number of anilines is 1. The Hall–Kier alpha value is -2.66. The monoisotopic (exact) mass is 357 g/mol. The lowest BCUT2D eigenvalue weighted by molar-refractivity contribution is -0.136. The molecule has 1 amide bonds. The van der Waals surface area contributed by atoms with Crippen LogP contribution in [0.15, 0.2) is 59.8 Å². The summed E-state index contributed by atoms with van der Waals surface area (Å²) in [5, 5.41) is 0.480. The van der Waals surface area contributed by atoms with E-state index in [1.54, 1.807) is 42.5 Å². The predicted octanol–water partition coefficient (Wildman–Crippen LogP) is 3.81. The lowest BCUT2D eigenvalue weighted by Gasteiger charge is -2.32. The highest BCUT2D eigenvalue weighted by molar-refractivity contribution is 6.31. The number of hydrogen-bond acceptors (Lipinski definition) is 3.